The predicted octanol–water partition coefficient (Wildman–Crippen LogP) is 6.41. The van der Waals surface area contributed by atoms with Gasteiger partial charge in [-0.25, -0.2) is 8.42 Å². The number of rotatable bonds is 11. The van der Waals surface area contributed by atoms with Gasteiger partial charge in [0, 0.05) is 17.6 Å². The number of benzene rings is 3. The van der Waals surface area contributed by atoms with Crippen molar-refractivity contribution in [2.24, 2.45) is 0 Å². The van der Waals surface area contributed by atoms with Gasteiger partial charge in [0.05, 0.1) is 10.6 Å². The van der Waals surface area contributed by atoms with Crippen LogP contribution in [0, 0.1) is 13.8 Å². The fraction of sp³-hybridized carbons (Fsp3) is 0.394. The number of hydrogen-bond donors (Lipinski definition) is 1. The maximum atomic E-state index is 14.3. The zero-order valence-electron chi connectivity index (χ0n) is 24.6. The average molecular weight is 610 g/mol. The number of carbonyl (C=O) groups is 2. The third-order valence-electron chi connectivity index (χ3n) is 7.88. The number of anilines is 1. The van der Waals surface area contributed by atoms with E-state index in [1.807, 2.05) is 45.0 Å². The van der Waals surface area contributed by atoms with Crippen molar-refractivity contribution in [2.75, 3.05) is 10.8 Å². The van der Waals surface area contributed by atoms with Crippen molar-refractivity contribution < 1.29 is 18.0 Å². The van der Waals surface area contributed by atoms with Crippen LogP contribution in [0.2, 0.25) is 5.02 Å². The van der Waals surface area contributed by atoms with E-state index in [4.69, 9.17) is 11.6 Å². The van der Waals surface area contributed by atoms with Crippen molar-refractivity contribution >= 4 is 39.1 Å². The molecule has 3 aromatic carbocycles. The van der Waals surface area contributed by atoms with E-state index >= 15 is 0 Å². The molecule has 0 bridgehead atoms. The highest BCUT2D eigenvalue weighted by atomic mass is 35.5. The first-order valence-corrected chi connectivity index (χ1v) is 16.4. The smallest absolute Gasteiger partial charge is 0.264 e. The van der Waals surface area contributed by atoms with E-state index < -0.39 is 28.5 Å². The second-order valence-corrected chi connectivity index (χ2v) is 13.3. The van der Waals surface area contributed by atoms with Gasteiger partial charge in [-0.3, -0.25) is 13.9 Å². The Kier molecular flexibility index (Phi) is 10.7. The summed E-state index contributed by atoms with van der Waals surface area (Å²) in [5.74, 6) is -0.713. The van der Waals surface area contributed by atoms with E-state index in [-0.39, 0.29) is 23.4 Å². The van der Waals surface area contributed by atoms with E-state index in [1.165, 1.54) is 21.3 Å². The van der Waals surface area contributed by atoms with Crippen molar-refractivity contribution in [3.63, 3.8) is 0 Å². The minimum atomic E-state index is -4.12. The highest BCUT2D eigenvalue weighted by Crippen LogP contribution is 2.29. The summed E-state index contributed by atoms with van der Waals surface area (Å²) in [5, 5.41) is 3.64. The van der Waals surface area contributed by atoms with Gasteiger partial charge < -0.3 is 10.2 Å². The maximum Gasteiger partial charge on any atom is 0.264 e. The quantitative estimate of drug-likeness (QED) is 0.272. The summed E-state index contributed by atoms with van der Waals surface area (Å²) in [6.07, 6.45) is 5.47. The molecule has 0 saturated heterocycles. The van der Waals surface area contributed by atoms with Crippen LogP contribution >= 0.6 is 11.6 Å². The van der Waals surface area contributed by atoms with Crippen LogP contribution in [-0.2, 0) is 26.2 Å². The second kappa shape index (κ2) is 14.2. The lowest BCUT2D eigenvalue weighted by atomic mass is 9.95. The standard InChI is InChI=1S/C33H40ClN3O4S/c1-4-30(33(39)35-27-14-7-5-8-15-27)36(22-26-13-11-12-18-29(26)34)32(38)23-37(31-21-24(2)19-20-25(31)3)42(40,41)28-16-9-6-10-17-28/h6,9-13,16-21,27,30H,4-5,7-8,14-15,22-23H2,1-3H3,(H,35,39)/t30-/m1/s1. The van der Waals surface area contributed by atoms with Crippen molar-refractivity contribution in [1.29, 1.82) is 0 Å². The predicted molar refractivity (Wildman–Crippen MR) is 168 cm³/mol. The van der Waals surface area contributed by atoms with Crippen molar-refractivity contribution in [2.45, 2.75) is 82.8 Å². The highest BCUT2D eigenvalue weighted by Gasteiger charge is 2.35. The number of carbonyl (C=O) groups excluding carboxylic acids is 2. The van der Waals surface area contributed by atoms with E-state index in [1.54, 1.807) is 36.4 Å². The minimum absolute atomic E-state index is 0.0706. The molecule has 9 heteroatoms. The van der Waals surface area contributed by atoms with Crippen LogP contribution in [0.15, 0.2) is 77.7 Å². The lowest BCUT2D eigenvalue weighted by Crippen LogP contribution is -2.54. The van der Waals surface area contributed by atoms with Crippen LogP contribution in [0.1, 0.15) is 62.1 Å². The van der Waals surface area contributed by atoms with Gasteiger partial charge in [0.25, 0.3) is 10.0 Å². The Balaban J connectivity index is 1.74. The fourth-order valence-electron chi connectivity index (χ4n) is 5.50. The van der Waals surface area contributed by atoms with Gasteiger partial charge in [-0.05, 0) is 74.1 Å². The number of hydrogen-bond acceptors (Lipinski definition) is 4. The Bertz CT molecular complexity index is 1490. The van der Waals surface area contributed by atoms with Crippen LogP contribution in [-0.4, -0.2) is 43.8 Å². The molecule has 0 heterocycles. The molecule has 42 heavy (non-hydrogen) atoms. The summed E-state index contributed by atoms with van der Waals surface area (Å²) in [5.41, 5.74) is 2.68. The molecule has 0 aromatic heterocycles. The van der Waals surface area contributed by atoms with Crippen molar-refractivity contribution in [3.8, 4) is 0 Å². The molecule has 1 aliphatic rings. The molecule has 1 N–H and O–H groups in total. The maximum absolute atomic E-state index is 14.3. The average Bonchev–Trinajstić information content (AvgIpc) is 2.99. The number of nitrogens with one attached hydrogen (secondary N) is 1. The summed E-state index contributed by atoms with van der Waals surface area (Å²) >= 11 is 6.50. The molecule has 1 fully saturated rings. The van der Waals surface area contributed by atoms with Gasteiger partial charge in [-0.1, -0.05) is 86.3 Å². The Labute approximate surface area is 254 Å². The van der Waals surface area contributed by atoms with Crippen LogP contribution < -0.4 is 9.62 Å². The molecule has 0 radical (unpaired) electrons. The first-order chi connectivity index (χ1) is 20.1. The van der Waals surface area contributed by atoms with Crippen LogP contribution in [0.3, 0.4) is 0 Å². The summed E-state index contributed by atoms with van der Waals surface area (Å²) in [6, 6.07) is 20.1. The third-order valence-corrected chi connectivity index (χ3v) is 10.0. The van der Waals surface area contributed by atoms with E-state index in [0.717, 1.165) is 37.7 Å². The molecule has 0 unspecified atom stereocenters. The van der Waals surface area contributed by atoms with Gasteiger partial charge in [0.15, 0.2) is 0 Å². The number of aryl methyl sites for hydroxylation is 2. The third kappa shape index (κ3) is 7.53. The van der Waals surface area contributed by atoms with Crippen LogP contribution in [0.4, 0.5) is 5.69 Å². The van der Waals surface area contributed by atoms with Crippen molar-refractivity contribution in [1.82, 2.24) is 10.2 Å². The SMILES string of the molecule is CC[C@H](C(=O)NC1CCCCC1)N(Cc1ccccc1Cl)C(=O)CN(c1cc(C)ccc1C)S(=O)(=O)c1ccccc1. The van der Waals surface area contributed by atoms with Gasteiger partial charge in [0.1, 0.15) is 12.6 Å². The molecule has 224 valence electrons. The zero-order valence-corrected chi connectivity index (χ0v) is 26.1. The Morgan fingerprint density at radius 3 is 2.29 bits per heavy atom. The minimum Gasteiger partial charge on any atom is -0.352 e. The molecule has 7 nitrogen and oxygen atoms in total. The number of amides is 2. The molecule has 2 amide bonds. The molecule has 0 spiro atoms. The molecule has 1 atom stereocenters. The molecular formula is C33H40ClN3O4S. The van der Waals surface area contributed by atoms with Gasteiger partial charge >= 0.3 is 0 Å². The van der Waals surface area contributed by atoms with E-state index in [2.05, 4.69) is 5.32 Å². The molecule has 1 aliphatic carbocycles. The normalized spacial score (nSPS) is 14.7. The van der Waals surface area contributed by atoms with E-state index in [9.17, 15) is 18.0 Å². The zero-order chi connectivity index (χ0) is 30.3. The lowest BCUT2D eigenvalue weighted by Gasteiger charge is -2.35. The van der Waals surface area contributed by atoms with Crippen LogP contribution in [0.25, 0.3) is 0 Å². The van der Waals surface area contributed by atoms with Gasteiger partial charge in [0.2, 0.25) is 11.8 Å². The molecule has 3 aromatic rings. The molecular weight excluding hydrogens is 570 g/mol. The van der Waals surface area contributed by atoms with Gasteiger partial charge in [-0.2, -0.15) is 0 Å². The topological polar surface area (TPSA) is 86.8 Å². The largest absolute Gasteiger partial charge is 0.352 e. The Hall–Kier alpha value is -3.36. The molecule has 1 saturated carbocycles. The molecule has 4 rings (SSSR count). The molecule has 0 aliphatic heterocycles. The Morgan fingerprint density at radius 2 is 1.62 bits per heavy atom. The summed E-state index contributed by atoms with van der Waals surface area (Å²) in [6.45, 7) is 5.16. The first-order valence-electron chi connectivity index (χ1n) is 14.6. The van der Waals surface area contributed by atoms with Gasteiger partial charge in [-0.15, -0.1) is 0 Å². The number of sulfonamides is 1. The summed E-state index contributed by atoms with van der Waals surface area (Å²) in [4.78, 5) is 29.5. The van der Waals surface area contributed by atoms with Crippen molar-refractivity contribution in [3.05, 3.63) is 94.5 Å². The number of nitrogens with zero attached hydrogens (tertiary/aromatic N) is 2. The fourth-order valence-corrected chi connectivity index (χ4v) is 7.18. The summed E-state index contributed by atoms with van der Waals surface area (Å²) in [7, 11) is -4.12. The second-order valence-electron chi connectivity index (χ2n) is 11.0. The van der Waals surface area contributed by atoms with E-state index in [0.29, 0.717) is 28.3 Å². The first kappa shape index (κ1) is 31.6. The highest BCUT2D eigenvalue weighted by molar-refractivity contribution is 7.92. The van der Waals surface area contributed by atoms with Crippen LogP contribution in [0.5, 0.6) is 0 Å². The lowest BCUT2D eigenvalue weighted by molar-refractivity contribution is -0.140. The monoisotopic (exact) mass is 609 g/mol. The Morgan fingerprint density at radius 1 is 0.952 bits per heavy atom. The number of halogens is 1. The summed E-state index contributed by atoms with van der Waals surface area (Å²) < 4.78 is 29.3.